The van der Waals surface area contributed by atoms with Crippen LogP contribution in [0.5, 0.6) is 0 Å². The number of carbonyl (C=O) groups is 1. The van der Waals surface area contributed by atoms with Crippen molar-refractivity contribution in [1.82, 2.24) is 9.88 Å². The normalized spacial score (nSPS) is 17.9. The predicted molar refractivity (Wildman–Crippen MR) is 158 cm³/mol. The summed E-state index contributed by atoms with van der Waals surface area (Å²) >= 11 is 18.9. The van der Waals surface area contributed by atoms with Crippen molar-refractivity contribution >= 4 is 52.4 Å². The van der Waals surface area contributed by atoms with Crippen LogP contribution in [0.2, 0.25) is 15.1 Å². The van der Waals surface area contributed by atoms with Crippen LogP contribution in [0.3, 0.4) is 0 Å². The van der Waals surface area contributed by atoms with Crippen molar-refractivity contribution in [1.29, 1.82) is 0 Å². The van der Waals surface area contributed by atoms with Gasteiger partial charge in [-0.15, -0.1) is 0 Å². The SMILES string of the molecule is CC(C)(C)OC(=O)Nc1cc([C@](C)(O)CN2CCN(c3ccc(Cl)cc3Cl)[C@H](c3ccc(Cl)cc3)C2)ccn1. The van der Waals surface area contributed by atoms with E-state index in [9.17, 15) is 9.90 Å². The number of carbonyl (C=O) groups excluding carboxylic acids is 1. The lowest BCUT2D eigenvalue weighted by atomic mass is 9.94. The van der Waals surface area contributed by atoms with Crippen molar-refractivity contribution in [2.75, 3.05) is 36.4 Å². The Bertz CT molecular complexity index is 1310. The number of nitrogens with one attached hydrogen (secondary N) is 1. The molecule has 0 unspecified atom stereocenters. The average molecular weight is 592 g/mol. The first-order valence-electron chi connectivity index (χ1n) is 12.7. The Balaban J connectivity index is 1.54. The molecule has 2 heterocycles. The fourth-order valence-electron chi connectivity index (χ4n) is 4.72. The third-order valence-corrected chi connectivity index (χ3v) is 7.27. The summed E-state index contributed by atoms with van der Waals surface area (Å²) < 4.78 is 5.32. The third-order valence-electron chi connectivity index (χ3n) is 6.48. The molecule has 2 N–H and O–H groups in total. The van der Waals surface area contributed by atoms with Gasteiger partial charge in [-0.1, -0.05) is 46.9 Å². The van der Waals surface area contributed by atoms with Gasteiger partial charge in [0.1, 0.15) is 11.4 Å². The standard InChI is InChI=1S/C29H33Cl3N4O3/c1-28(2,3)39-27(37)34-26-15-20(11-12-33-26)29(4,38)18-35-13-14-36(24-10-9-22(31)16-23(24)32)25(17-35)19-5-7-21(30)8-6-19/h5-12,15-16,25,38H,13-14,17-18H2,1-4H3,(H,33,34,37)/t25-,29+/m0/s1. The van der Waals surface area contributed by atoms with E-state index in [4.69, 9.17) is 39.5 Å². The molecule has 0 spiro atoms. The van der Waals surface area contributed by atoms with E-state index in [1.54, 1.807) is 52.1 Å². The van der Waals surface area contributed by atoms with Gasteiger partial charge in [0.05, 0.1) is 22.4 Å². The second-order valence-corrected chi connectivity index (χ2v) is 12.2. The Morgan fingerprint density at radius 2 is 1.72 bits per heavy atom. The van der Waals surface area contributed by atoms with E-state index in [2.05, 4.69) is 20.1 Å². The molecule has 0 bridgehead atoms. The second kappa shape index (κ2) is 11.9. The van der Waals surface area contributed by atoms with Gasteiger partial charge >= 0.3 is 6.09 Å². The summed E-state index contributed by atoms with van der Waals surface area (Å²) in [7, 11) is 0. The number of ether oxygens (including phenoxy) is 1. The van der Waals surface area contributed by atoms with Crippen LogP contribution in [0.1, 0.15) is 44.9 Å². The van der Waals surface area contributed by atoms with E-state index in [0.717, 1.165) is 11.3 Å². The van der Waals surface area contributed by atoms with Crippen molar-refractivity contribution in [3.63, 3.8) is 0 Å². The third kappa shape index (κ3) is 7.77. The van der Waals surface area contributed by atoms with Gasteiger partial charge in [-0.2, -0.15) is 0 Å². The Morgan fingerprint density at radius 3 is 2.38 bits per heavy atom. The minimum Gasteiger partial charge on any atom is -0.444 e. The molecule has 10 heteroatoms. The van der Waals surface area contributed by atoms with Crippen molar-refractivity contribution < 1.29 is 14.6 Å². The van der Waals surface area contributed by atoms with Crippen LogP contribution < -0.4 is 10.2 Å². The number of pyridine rings is 1. The van der Waals surface area contributed by atoms with E-state index in [1.807, 2.05) is 36.4 Å². The number of halogens is 3. The quantitative estimate of drug-likeness (QED) is 0.317. The fraction of sp³-hybridized carbons (Fsp3) is 0.379. The topological polar surface area (TPSA) is 77.9 Å². The number of piperazine rings is 1. The zero-order chi connectivity index (χ0) is 28.4. The number of hydrogen-bond donors (Lipinski definition) is 2. The second-order valence-electron chi connectivity index (χ2n) is 10.9. The van der Waals surface area contributed by atoms with Crippen LogP contribution in [0, 0.1) is 0 Å². The zero-order valence-electron chi connectivity index (χ0n) is 22.4. The van der Waals surface area contributed by atoms with Crippen molar-refractivity contribution in [2.45, 2.75) is 44.9 Å². The van der Waals surface area contributed by atoms with Gasteiger partial charge in [0.15, 0.2) is 0 Å². The van der Waals surface area contributed by atoms with E-state index in [1.165, 1.54) is 0 Å². The molecule has 1 aromatic heterocycles. The van der Waals surface area contributed by atoms with Crippen molar-refractivity contribution in [2.24, 2.45) is 0 Å². The summed E-state index contributed by atoms with van der Waals surface area (Å²) in [6.45, 7) is 9.54. The summed E-state index contributed by atoms with van der Waals surface area (Å²) in [6.07, 6.45) is 0.961. The molecule has 2 atom stereocenters. The zero-order valence-corrected chi connectivity index (χ0v) is 24.7. The summed E-state index contributed by atoms with van der Waals surface area (Å²) in [5, 5.41) is 16.0. The lowest BCUT2D eigenvalue weighted by molar-refractivity contribution is 0.0102. The molecule has 1 fully saturated rings. The number of nitrogens with zero attached hydrogens (tertiary/aromatic N) is 3. The smallest absolute Gasteiger partial charge is 0.413 e. The minimum atomic E-state index is -1.21. The summed E-state index contributed by atoms with van der Waals surface area (Å²) in [5.74, 6) is 0.309. The van der Waals surface area contributed by atoms with Crippen LogP contribution in [0.25, 0.3) is 0 Å². The number of β-amino-alcohol motifs (C(OH)–C–C–N with tert-alkyl or cyclic N) is 1. The molecule has 4 rings (SSSR count). The molecule has 1 aliphatic heterocycles. The van der Waals surface area contributed by atoms with E-state index < -0.39 is 17.3 Å². The highest BCUT2D eigenvalue weighted by Gasteiger charge is 2.34. The monoisotopic (exact) mass is 590 g/mol. The number of amides is 1. The molecule has 1 aliphatic rings. The summed E-state index contributed by atoms with van der Waals surface area (Å²) in [4.78, 5) is 20.9. The maximum atomic E-state index is 12.2. The number of aliphatic hydroxyl groups is 1. The molecule has 2 aromatic carbocycles. The molecule has 0 saturated carbocycles. The van der Waals surface area contributed by atoms with Gasteiger partial charge in [0.25, 0.3) is 0 Å². The highest BCUT2D eigenvalue weighted by molar-refractivity contribution is 6.36. The molecular formula is C29H33Cl3N4O3. The number of hydrogen-bond acceptors (Lipinski definition) is 6. The van der Waals surface area contributed by atoms with Gasteiger partial charge in [-0.25, -0.2) is 9.78 Å². The van der Waals surface area contributed by atoms with Gasteiger partial charge in [-0.3, -0.25) is 10.2 Å². The lowest BCUT2D eigenvalue weighted by Crippen LogP contribution is -2.52. The number of aromatic nitrogens is 1. The van der Waals surface area contributed by atoms with E-state index >= 15 is 0 Å². The molecule has 208 valence electrons. The van der Waals surface area contributed by atoms with E-state index in [-0.39, 0.29) is 6.04 Å². The van der Waals surface area contributed by atoms with Crippen molar-refractivity contribution in [3.05, 3.63) is 87.0 Å². The van der Waals surface area contributed by atoms with Crippen LogP contribution in [0.4, 0.5) is 16.3 Å². The highest BCUT2D eigenvalue weighted by atomic mass is 35.5. The Morgan fingerprint density at radius 1 is 1.03 bits per heavy atom. The lowest BCUT2D eigenvalue weighted by Gasteiger charge is -2.45. The van der Waals surface area contributed by atoms with Crippen LogP contribution >= 0.6 is 34.8 Å². The maximum Gasteiger partial charge on any atom is 0.413 e. The largest absolute Gasteiger partial charge is 0.444 e. The first-order chi connectivity index (χ1) is 18.3. The van der Waals surface area contributed by atoms with Crippen LogP contribution in [-0.4, -0.2) is 52.9 Å². The summed E-state index contributed by atoms with van der Waals surface area (Å²) in [6, 6.07) is 16.7. The molecule has 0 aliphatic carbocycles. The predicted octanol–water partition coefficient (Wildman–Crippen LogP) is 7.16. The first-order valence-corrected chi connectivity index (χ1v) is 13.8. The molecule has 1 amide bonds. The highest BCUT2D eigenvalue weighted by Crippen LogP contribution is 2.37. The van der Waals surface area contributed by atoms with E-state index in [0.29, 0.717) is 52.6 Å². The Hall–Kier alpha value is -2.55. The summed E-state index contributed by atoms with van der Waals surface area (Å²) in [5.41, 5.74) is 0.779. The van der Waals surface area contributed by atoms with Crippen LogP contribution in [0.15, 0.2) is 60.8 Å². The molecule has 3 aromatic rings. The molecular weight excluding hydrogens is 559 g/mol. The van der Waals surface area contributed by atoms with Crippen LogP contribution in [-0.2, 0) is 10.3 Å². The van der Waals surface area contributed by atoms with Gasteiger partial charge in [0.2, 0.25) is 0 Å². The molecule has 7 nitrogen and oxygen atoms in total. The number of benzene rings is 2. The van der Waals surface area contributed by atoms with Gasteiger partial charge < -0.3 is 14.7 Å². The Labute approximate surface area is 244 Å². The molecule has 1 saturated heterocycles. The Kier molecular flexibility index (Phi) is 8.98. The van der Waals surface area contributed by atoms with Crippen molar-refractivity contribution in [3.8, 4) is 0 Å². The number of anilines is 2. The maximum absolute atomic E-state index is 12.2. The minimum absolute atomic E-state index is 0.0349. The number of rotatable bonds is 6. The average Bonchev–Trinajstić information content (AvgIpc) is 2.84. The van der Waals surface area contributed by atoms with Gasteiger partial charge in [0, 0.05) is 42.4 Å². The first kappa shape index (κ1) is 29.4. The fourth-order valence-corrected chi connectivity index (χ4v) is 5.37. The molecule has 39 heavy (non-hydrogen) atoms. The molecule has 0 radical (unpaired) electrons. The van der Waals surface area contributed by atoms with Gasteiger partial charge in [-0.05, 0) is 81.3 Å².